The first kappa shape index (κ1) is 14.3. The molecule has 1 atom stereocenters. The first-order chi connectivity index (χ1) is 8.29. The molecule has 0 saturated heterocycles. The Labute approximate surface area is 103 Å². The maximum Gasteiger partial charge on any atom is 0.471 e. The van der Waals surface area contributed by atoms with E-state index in [-0.39, 0.29) is 6.61 Å². The Bertz CT molecular complexity index is 401. The Morgan fingerprint density at radius 2 is 1.89 bits per heavy atom. The first-order valence-electron chi connectivity index (χ1n) is 5.36. The summed E-state index contributed by atoms with van der Waals surface area (Å²) in [7, 11) is 0. The number of rotatable bonds is 4. The van der Waals surface area contributed by atoms with Crippen LogP contribution in [-0.2, 0) is 4.79 Å². The van der Waals surface area contributed by atoms with Crippen LogP contribution in [0.3, 0.4) is 0 Å². The van der Waals surface area contributed by atoms with Crippen LogP contribution >= 0.6 is 0 Å². The van der Waals surface area contributed by atoms with Gasteiger partial charge in [-0.1, -0.05) is 17.7 Å². The molecule has 1 aromatic carbocycles. The van der Waals surface area contributed by atoms with Gasteiger partial charge in [0.2, 0.25) is 0 Å². The summed E-state index contributed by atoms with van der Waals surface area (Å²) < 4.78 is 41.1. The van der Waals surface area contributed by atoms with E-state index in [0.29, 0.717) is 5.75 Å². The van der Waals surface area contributed by atoms with Gasteiger partial charge in [0.25, 0.3) is 0 Å². The summed E-state index contributed by atoms with van der Waals surface area (Å²) in [5.74, 6) is -1.41. The Morgan fingerprint density at radius 3 is 2.39 bits per heavy atom. The van der Waals surface area contributed by atoms with Gasteiger partial charge < -0.3 is 10.1 Å². The predicted octanol–water partition coefficient (Wildman–Crippen LogP) is 2.44. The molecular formula is C12H14F3NO2. The molecule has 100 valence electrons. The third kappa shape index (κ3) is 4.65. The third-order valence-electron chi connectivity index (χ3n) is 2.16. The molecule has 1 rings (SSSR count). The van der Waals surface area contributed by atoms with Crippen molar-refractivity contribution in [3.8, 4) is 5.75 Å². The summed E-state index contributed by atoms with van der Waals surface area (Å²) >= 11 is 0. The number of hydrogen-bond donors (Lipinski definition) is 1. The normalized spacial score (nSPS) is 12.9. The van der Waals surface area contributed by atoms with E-state index in [1.54, 1.807) is 12.1 Å². The second-order valence-corrected chi connectivity index (χ2v) is 4.00. The SMILES string of the molecule is Cc1ccc(OCC(C)NC(=O)C(F)(F)F)cc1. The molecule has 0 saturated carbocycles. The zero-order chi connectivity index (χ0) is 13.8. The molecule has 0 aromatic heterocycles. The zero-order valence-corrected chi connectivity index (χ0v) is 10.0. The molecule has 1 aromatic rings. The Kier molecular flexibility index (Phi) is 4.58. The molecule has 0 aliphatic heterocycles. The topological polar surface area (TPSA) is 38.3 Å². The molecule has 0 bridgehead atoms. The molecule has 0 spiro atoms. The lowest BCUT2D eigenvalue weighted by atomic mass is 10.2. The number of alkyl halides is 3. The van der Waals surface area contributed by atoms with Crippen LogP contribution in [0, 0.1) is 6.92 Å². The van der Waals surface area contributed by atoms with E-state index in [1.807, 2.05) is 24.4 Å². The molecule has 3 nitrogen and oxygen atoms in total. The van der Waals surface area contributed by atoms with E-state index < -0.39 is 18.1 Å². The number of carbonyl (C=O) groups is 1. The fraction of sp³-hybridized carbons (Fsp3) is 0.417. The van der Waals surface area contributed by atoms with Crippen LogP contribution in [0.1, 0.15) is 12.5 Å². The van der Waals surface area contributed by atoms with Crippen LogP contribution in [0.2, 0.25) is 0 Å². The van der Waals surface area contributed by atoms with E-state index in [9.17, 15) is 18.0 Å². The lowest BCUT2D eigenvalue weighted by Crippen LogP contribution is -2.44. The average molecular weight is 261 g/mol. The minimum Gasteiger partial charge on any atom is -0.491 e. The summed E-state index contributed by atoms with van der Waals surface area (Å²) in [5, 5.41) is 1.81. The van der Waals surface area contributed by atoms with E-state index in [2.05, 4.69) is 0 Å². The van der Waals surface area contributed by atoms with Gasteiger partial charge >= 0.3 is 12.1 Å². The zero-order valence-electron chi connectivity index (χ0n) is 10.0. The summed E-state index contributed by atoms with van der Waals surface area (Å²) in [6.07, 6.45) is -4.86. The van der Waals surface area contributed by atoms with E-state index >= 15 is 0 Å². The van der Waals surface area contributed by atoms with E-state index in [1.165, 1.54) is 6.92 Å². The highest BCUT2D eigenvalue weighted by molar-refractivity contribution is 5.81. The molecule has 0 radical (unpaired) electrons. The largest absolute Gasteiger partial charge is 0.491 e. The minimum absolute atomic E-state index is 0.0229. The van der Waals surface area contributed by atoms with Crippen LogP contribution in [0.4, 0.5) is 13.2 Å². The molecule has 0 heterocycles. The smallest absolute Gasteiger partial charge is 0.471 e. The molecule has 0 aliphatic rings. The van der Waals surface area contributed by atoms with Gasteiger partial charge in [0.15, 0.2) is 0 Å². The lowest BCUT2D eigenvalue weighted by molar-refractivity contribution is -0.174. The lowest BCUT2D eigenvalue weighted by Gasteiger charge is -2.16. The predicted molar refractivity (Wildman–Crippen MR) is 60.3 cm³/mol. The Hall–Kier alpha value is -1.72. The van der Waals surface area contributed by atoms with Crippen molar-refractivity contribution in [1.82, 2.24) is 5.32 Å². The van der Waals surface area contributed by atoms with Crippen LogP contribution in [0.5, 0.6) is 5.75 Å². The number of benzene rings is 1. The van der Waals surface area contributed by atoms with Crippen molar-refractivity contribution in [2.24, 2.45) is 0 Å². The van der Waals surface area contributed by atoms with Crippen LogP contribution in [0.25, 0.3) is 0 Å². The summed E-state index contributed by atoms with van der Waals surface area (Å²) in [5.41, 5.74) is 1.06. The van der Waals surface area contributed by atoms with Gasteiger partial charge in [-0.25, -0.2) is 0 Å². The van der Waals surface area contributed by atoms with Crippen molar-refractivity contribution in [3.05, 3.63) is 29.8 Å². The van der Waals surface area contributed by atoms with Crippen LogP contribution < -0.4 is 10.1 Å². The van der Waals surface area contributed by atoms with E-state index in [4.69, 9.17) is 4.74 Å². The van der Waals surface area contributed by atoms with Crippen molar-refractivity contribution in [2.75, 3.05) is 6.61 Å². The standard InChI is InChI=1S/C12H14F3NO2/c1-8-3-5-10(6-4-8)18-7-9(2)16-11(17)12(13,14)15/h3-6,9H,7H2,1-2H3,(H,16,17). The molecule has 1 N–H and O–H groups in total. The van der Waals surface area contributed by atoms with Gasteiger partial charge in [0, 0.05) is 0 Å². The summed E-state index contributed by atoms with van der Waals surface area (Å²) in [4.78, 5) is 10.6. The van der Waals surface area contributed by atoms with Crippen molar-refractivity contribution < 1.29 is 22.7 Å². The van der Waals surface area contributed by atoms with Gasteiger partial charge in [-0.3, -0.25) is 4.79 Å². The number of amides is 1. The maximum atomic E-state index is 12.0. The fourth-order valence-electron chi connectivity index (χ4n) is 1.20. The van der Waals surface area contributed by atoms with Gasteiger partial charge in [-0.15, -0.1) is 0 Å². The van der Waals surface area contributed by atoms with Gasteiger partial charge in [0.05, 0.1) is 6.04 Å². The number of halogens is 3. The van der Waals surface area contributed by atoms with Gasteiger partial charge in [-0.2, -0.15) is 13.2 Å². The third-order valence-corrected chi connectivity index (χ3v) is 2.16. The summed E-state index contributed by atoms with van der Waals surface area (Å²) in [6, 6.07) is 6.37. The average Bonchev–Trinajstić information content (AvgIpc) is 2.27. The summed E-state index contributed by atoms with van der Waals surface area (Å²) in [6.45, 7) is 3.33. The molecule has 18 heavy (non-hydrogen) atoms. The highest BCUT2D eigenvalue weighted by atomic mass is 19.4. The van der Waals surface area contributed by atoms with Gasteiger partial charge in [-0.05, 0) is 26.0 Å². The molecule has 1 unspecified atom stereocenters. The second-order valence-electron chi connectivity index (χ2n) is 4.00. The molecule has 6 heteroatoms. The first-order valence-corrected chi connectivity index (χ1v) is 5.36. The van der Waals surface area contributed by atoms with Gasteiger partial charge in [0.1, 0.15) is 12.4 Å². The second kappa shape index (κ2) is 5.75. The number of aryl methyl sites for hydroxylation is 1. The Balaban J connectivity index is 2.40. The van der Waals surface area contributed by atoms with E-state index in [0.717, 1.165) is 5.56 Å². The van der Waals surface area contributed by atoms with Crippen molar-refractivity contribution in [3.63, 3.8) is 0 Å². The quantitative estimate of drug-likeness (QED) is 0.904. The van der Waals surface area contributed by atoms with Crippen molar-refractivity contribution >= 4 is 5.91 Å². The fourth-order valence-corrected chi connectivity index (χ4v) is 1.20. The van der Waals surface area contributed by atoms with Crippen molar-refractivity contribution in [1.29, 1.82) is 0 Å². The molecule has 0 fully saturated rings. The Morgan fingerprint density at radius 1 is 1.33 bits per heavy atom. The van der Waals surface area contributed by atoms with Crippen molar-refractivity contribution in [2.45, 2.75) is 26.1 Å². The molecular weight excluding hydrogens is 247 g/mol. The number of hydrogen-bond acceptors (Lipinski definition) is 2. The molecule has 1 amide bonds. The molecule has 0 aliphatic carbocycles. The van der Waals surface area contributed by atoms with Crippen LogP contribution in [0.15, 0.2) is 24.3 Å². The monoisotopic (exact) mass is 261 g/mol. The highest BCUT2D eigenvalue weighted by Crippen LogP contribution is 2.15. The highest BCUT2D eigenvalue weighted by Gasteiger charge is 2.39. The number of ether oxygens (including phenoxy) is 1. The van der Waals surface area contributed by atoms with Crippen LogP contribution in [-0.4, -0.2) is 24.7 Å². The number of carbonyl (C=O) groups excluding carboxylic acids is 1. The minimum atomic E-state index is -4.86. The number of nitrogens with one attached hydrogen (secondary N) is 1. The maximum absolute atomic E-state index is 12.0.